The van der Waals surface area contributed by atoms with Crippen LogP contribution in [0.4, 0.5) is 30.2 Å². The average Bonchev–Trinajstić information content (AvgIpc) is 3.04. The Morgan fingerprint density at radius 1 is 0.761 bits per heavy atom. The molecule has 5 aromatic carbocycles. The monoisotopic (exact) mass is 641 g/mol. The number of aryl methyl sites for hydroxylation is 2. The first-order valence-corrected chi connectivity index (χ1v) is 16.0. The lowest BCUT2D eigenvalue weighted by Gasteiger charge is -2.46. The van der Waals surface area contributed by atoms with Crippen LogP contribution in [-0.4, -0.2) is 14.3 Å². The lowest BCUT2D eigenvalue weighted by molar-refractivity contribution is -0.137. The van der Waals surface area contributed by atoms with E-state index < -0.39 is 33.8 Å². The largest absolute Gasteiger partial charge is 0.416 e. The predicted molar refractivity (Wildman–Crippen MR) is 173 cm³/mol. The van der Waals surface area contributed by atoms with Crippen LogP contribution in [0.25, 0.3) is 0 Å². The summed E-state index contributed by atoms with van der Waals surface area (Å²) in [4.78, 5) is 17.7. The molecule has 6 nitrogen and oxygen atoms in total. The van der Waals surface area contributed by atoms with E-state index >= 15 is 0 Å². The number of hydrogen-bond donors (Lipinski definition) is 1. The van der Waals surface area contributed by atoms with Gasteiger partial charge in [0.25, 0.3) is 15.9 Å². The molecule has 234 valence electrons. The number of sulfonamides is 1. The molecule has 0 aliphatic carbocycles. The molecule has 0 bridgehead atoms. The van der Waals surface area contributed by atoms with E-state index in [0.29, 0.717) is 17.1 Å². The zero-order valence-corrected chi connectivity index (χ0v) is 25.8. The Morgan fingerprint density at radius 2 is 1.41 bits per heavy atom. The van der Waals surface area contributed by atoms with Gasteiger partial charge < -0.3 is 4.90 Å². The van der Waals surface area contributed by atoms with Crippen molar-refractivity contribution >= 4 is 33.0 Å². The number of halogens is 3. The van der Waals surface area contributed by atoms with Gasteiger partial charge in [-0.2, -0.15) is 13.2 Å². The maximum Gasteiger partial charge on any atom is 0.416 e. The maximum absolute atomic E-state index is 14.5. The molecule has 1 atom stereocenters. The first-order chi connectivity index (χ1) is 21.9. The highest BCUT2D eigenvalue weighted by atomic mass is 32.2. The minimum Gasteiger partial charge on any atom is -0.342 e. The van der Waals surface area contributed by atoms with Crippen LogP contribution in [0.1, 0.15) is 44.3 Å². The lowest BCUT2D eigenvalue weighted by Crippen LogP contribution is -2.49. The fourth-order valence-electron chi connectivity index (χ4n) is 5.57. The van der Waals surface area contributed by atoms with Gasteiger partial charge in [-0.15, -0.1) is 0 Å². The zero-order valence-electron chi connectivity index (χ0n) is 25.0. The Balaban J connectivity index is 1.54. The van der Waals surface area contributed by atoms with Crippen LogP contribution in [-0.2, 0) is 22.7 Å². The van der Waals surface area contributed by atoms with E-state index in [2.05, 4.69) is 4.72 Å². The number of alkyl halides is 3. The molecule has 10 heteroatoms. The van der Waals surface area contributed by atoms with E-state index in [0.717, 1.165) is 28.8 Å². The number of anilines is 3. The van der Waals surface area contributed by atoms with E-state index in [1.807, 2.05) is 61.2 Å². The van der Waals surface area contributed by atoms with E-state index in [9.17, 15) is 26.4 Å². The number of carbonyl (C=O) groups is 1. The smallest absolute Gasteiger partial charge is 0.342 e. The summed E-state index contributed by atoms with van der Waals surface area (Å²) in [5.74, 6) is -0.544. The van der Waals surface area contributed by atoms with Crippen molar-refractivity contribution in [2.45, 2.75) is 37.6 Å². The molecule has 0 spiro atoms. The van der Waals surface area contributed by atoms with Crippen LogP contribution in [0.15, 0.2) is 126 Å². The molecule has 1 heterocycles. The second-order valence-electron chi connectivity index (χ2n) is 11.3. The van der Waals surface area contributed by atoms with Crippen LogP contribution in [0.3, 0.4) is 0 Å². The Morgan fingerprint density at radius 3 is 2.07 bits per heavy atom. The van der Waals surface area contributed by atoms with Gasteiger partial charge in [-0.05, 0) is 79.6 Å². The molecule has 1 aliphatic heterocycles. The van der Waals surface area contributed by atoms with Gasteiger partial charge in [-0.25, -0.2) is 8.42 Å². The highest BCUT2D eigenvalue weighted by Crippen LogP contribution is 2.44. The van der Waals surface area contributed by atoms with Gasteiger partial charge in [0, 0.05) is 17.9 Å². The van der Waals surface area contributed by atoms with Gasteiger partial charge in [-0.1, -0.05) is 77.9 Å². The normalized spacial score (nSPS) is 15.1. The van der Waals surface area contributed by atoms with Crippen molar-refractivity contribution in [2.75, 3.05) is 14.5 Å². The third-order valence-corrected chi connectivity index (χ3v) is 9.28. The van der Waals surface area contributed by atoms with Gasteiger partial charge >= 0.3 is 6.18 Å². The average molecular weight is 642 g/mol. The van der Waals surface area contributed by atoms with Gasteiger partial charge in [0.15, 0.2) is 0 Å². The minimum absolute atomic E-state index is 0.103. The minimum atomic E-state index is -4.60. The Kier molecular flexibility index (Phi) is 8.08. The summed E-state index contributed by atoms with van der Waals surface area (Å²) in [6.07, 6.45) is -5.59. The second kappa shape index (κ2) is 12.0. The van der Waals surface area contributed by atoms with Crippen molar-refractivity contribution in [3.63, 3.8) is 0 Å². The molecule has 1 amide bonds. The molecule has 0 saturated carbocycles. The Labute approximate surface area is 265 Å². The van der Waals surface area contributed by atoms with Crippen molar-refractivity contribution in [1.82, 2.24) is 0 Å². The number of fused-ring (bicyclic) bond motifs is 1. The van der Waals surface area contributed by atoms with E-state index in [1.165, 1.54) is 23.1 Å². The Bertz CT molecular complexity index is 2000. The van der Waals surface area contributed by atoms with Crippen LogP contribution < -0.4 is 14.5 Å². The van der Waals surface area contributed by atoms with Crippen LogP contribution in [0.5, 0.6) is 0 Å². The summed E-state index contributed by atoms with van der Waals surface area (Å²) in [6, 6.07) is 32.6. The van der Waals surface area contributed by atoms with Gasteiger partial charge in [0.05, 0.1) is 21.7 Å². The summed E-state index contributed by atoms with van der Waals surface area (Å²) in [5.41, 5.74) is 3.48. The van der Waals surface area contributed by atoms with Gasteiger partial charge in [0.2, 0.25) is 0 Å². The summed E-state index contributed by atoms with van der Waals surface area (Å²) in [5, 5.41) is 0. The summed E-state index contributed by atoms with van der Waals surface area (Å²) in [6.45, 7) is 4.00. The van der Waals surface area contributed by atoms with Crippen molar-refractivity contribution in [3.8, 4) is 0 Å². The fourth-order valence-corrected chi connectivity index (χ4v) is 6.66. The number of nitrogens with one attached hydrogen (secondary N) is 1. The highest BCUT2D eigenvalue weighted by Gasteiger charge is 2.41. The number of rotatable bonds is 7. The number of nitrogens with zero attached hydrogens (tertiary/aromatic N) is 2. The predicted octanol–water partition coefficient (Wildman–Crippen LogP) is 8.49. The van der Waals surface area contributed by atoms with Crippen molar-refractivity contribution in [3.05, 3.63) is 155 Å². The van der Waals surface area contributed by atoms with E-state index in [1.54, 1.807) is 48.5 Å². The molecule has 46 heavy (non-hydrogen) atoms. The molecule has 5 aromatic rings. The molecule has 0 aromatic heterocycles. The maximum atomic E-state index is 14.5. The van der Waals surface area contributed by atoms with Crippen molar-refractivity contribution in [2.24, 2.45) is 0 Å². The Hall–Kier alpha value is -5.09. The molecule has 0 fully saturated rings. The number of hydrogen-bond acceptors (Lipinski definition) is 4. The zero-order chi connectivity index (χ0) is 32.6. The SMILES string of the molecule is Cc1ccc(NS(=O)(=O)c2ccc3c(c2)C(=O)N(c2ccc(C)cc2)[C@H](c2cccc(C(F)(F)F)c2)N3Cc2ccccc2)cc1. The molecule has 1 N–H and O–H groups in total. The summed E-state index contributed by atoms with van der Waals surface area (Å²) in [7, 11) is -4.10. The summed E-state index contributed by atoms with van der Waals surface area (Å²) < 4.78 is 71.4. The topological polar surface area (TPSA) is 69.7 Å². The van der Waals surface area contributed by atoms with Crippen LogP contribution in [0.2, 0.25) is 0 Å². The highest BCUT2D eigenvalue weighted by molar-refractivity contribution is 7.92. The van der Waals surface area contributed by atoms with Crippen molar-refractivity contribution in [1.29, 1.82) is 0 Å². The molecule has 0 radical (unpaired) electrons. The molecule has 6 rings (SSSR count). The first kappa shape index (κ1) is 30.9. The molecular formula is C36H30F3N3O3S. The van der Waals surface area contributed by atoms with Gasteiger partial charge in [0.1, 0.15) is 6.17 Å². The van der Waals surface area contributed by atoms with Gasteiger partial charge in [-0.3, -0.25) is 14.4 Å². The fraction of sp³-hybridized carbons (Fsp3) is 0.139. The first-order valence-electron chi connectivity index (χ1n) is 14.5. The molecule has 1 aliphatic rings. The number of benzene rings is 5. The van der Waals surface area contributed by atoms with Crippen molar-refractivity contribution < 1.29 is 26.4 Å². The molecule has 0 unspecified atom stereocenters. The molecule has 0 saturated heterocycles. The van der Waals surface area contributed by atoms with E-state index in [4.69, 9.17) is 0 Å². The molecular weight excluding hydrogens is 611 g/mol. The number of carbonyl (C=O) groups excluding carboxylic acids is 1. The second-order valence-corrected chi connectivity index (χ2v) is 13.0. The van der Waals surface area contributed by atoms with Crippen LogP contribution in [0, 0.1) is 13.8 Å². The van der Waals surface area contributed by atoms with E-state index in [-0.39, 0.29) is 22.6 Å². The third-order valence-electron chi connectivity index (χ3n) is 7.90. The standard InChI is InChI=1S/C36H30F3N3O3S/c1-24-11-15-29(16-12-24)40-46(44,45)31-19-20-33-32(22-31)35(43)42(30-17-13-25(2)14-18-30)34(41(33)23-26-7-4-3-5-8-26)27-9-6-10-28(21-27)36(37,38)39/h3-22,34,40H,23H2,1-2H3/t34-/m1/s1. The summed E-state index contributed by atoms with van der Waals surface area (Å²) >= 11 is 0. The number of amides is 1. The quantitative estimate of drug-likeness (QED) is 0.194. The van der Waals surface area contributed by atoms with Crippen LogP contribution >= 0.6 is 0 Å². The third kappa shape index (κ3) is 6.21. The lowest BCUT2D eigenvalue weighted by atomic mass is 9.97.